The monoisotopic (exact) mass is 184 g/mol. The summed E-state index contributed by atoms with van der Waals surface area (Å²) in [5.41, 5.74) is 3.03. The number of rotatable bonds is 4. The molecule has 4 heteroatoms. The summed E-state index contributed by atoms with van der Waals surface area (Å²) < 4.78 is 0. The van der Waals surface area contributed by atoms with E-state index in [0.29, 0.717) is 5.41 Å². The maximum atomic E-state index is 5.32. The van der Waals surface area contributed by atoms with E-state index in [1.165, 1.54) is 12.8 Å². The molecule has 0 saturated heterocycles. The third-order valence-electron chi connectivity index (χ3n) is 2.40. The van der Waals surface area contributed by atoms with Gasteiger partial charge < -0.3 is 5.32 Å². The van der Waals surface area contributed by atoms with E-state index in [1.54, 1.807) is 0 Å². The van der Waals surface area contributed by atoms with Gasteiger partial charge in [0.1, 0.15) is 0 Å². The van der Waals surface area contributed by atoms with Gasteiger partial charge in [0.2, 0.25) is 5.96 Å². The van der Waals surface area contributed by atoms with Gasteiger partial charge in [-0.15, -0.1) is 0 Å². The first-order chi connectivity index (χ1) is 6.20. The Kier molecular flexibility index (Phi) is 3.54. The van der Waals surface area contributed by atoms with E-state index in [-0.39, 0.29) is 0 Å². The molecule has 0 aromatic heterocycles. The number of nitrogens with zero attached hydrogens (tertiary/aromatic N) is 1. The van der Waals surface area contributed by atoms with Crippen LogP contribution in [0.2, 0.25) is 0 Å². The number of nitrogens with one attached hydrogen (secondary N) is 2. The molecule has 1 aliphatic carbocycles. The molecule has 0 spiro atoms. The lowest BCUT2D eigenvalue weighted by molar-refractivity contribution is 0.585. The minimum absolute atomic E-state index is 0.454. The molecule has 0 bridgehead atoms. The largest absolute Gasteiger partial charge is 0.355 e. The highest BCUT2D eigenvalue weighted by molar-refractivity contribution is 5.79. The number of nitrogens with two attached hydrogens (primary N) is 1. The zero-order valence-electron chi connectivity index (χ0n) is 8.56. The standard InChI is InChI=1S/C9H20N4/c1-3-6-11-8(13-10)12-7-9(2)4-5-9/h3-7,10H2,1-2H3,(H2,11,12,13). The molecule has 4 nitrogen and oxygen atoms in total. The molecule has 0 atom stereocenters. The zero-order chi connectivity index (χ0) is 9.73. The van der Waals surface area contributed by atoms with Gasteiger partial charge in [-0.05, 0) is 24.7 Å². The van der Waals surface area contributed by atoms with Gasteiger partial charge in [-0.3, -0.25) is 10.4 Å². The summed E-state index contributed by atoms with van der Waals surface area (Å²) in [6, 6.07) is 0. The lowest BCUT2D eigenvalue weighted by Crippen LogP contribution is -2.42. The summed E-state index contributed by atoms with van der Waals surface area (Å²) >= 11 is 0. The van der Waals surface area contributed by atoms with E-state index in [0.717, 1.165) is 25.5 Å². The lowest BCUT2D eigenvalue weighted by atomic mass is 10.1. The summed E-state index contributed by atoms with van der Waals surface area (Å²) in [5, 5.41) is 3.13. The van der Waals surface area contributed by atoms with Crippen LogP contribution in [0.5, 0.6) is 0 Å². The van der Waals surface area contributed by atoms with Gasteiger partial charge in [-0.25, -0.2) is 5.84 Å². The summed E-state index contributed by atoms with van der Waals surface area (Å²) in [4.78, 5) is 4.38. The third kappa shape index (κ3) is 3.63. The van der Waals surface area contributed by atoms with Crippen LogP contribution in [0.25, 0.3) is 0 Å². The normalized spacial score (nSPS) is 19.8. The van der Waals surface area contributed by atoms with Gasteiger partial charge in [0.05, 0.1) is 0 Å². The number of hydrazine groups is 1. The average Bonchev–Trinajstić information content (AvgIpc) is 2.85. The van der Waals surface area contributed by atoms with Crippen molar-refractivity contribution in [3.8, 4) is 0 Å². The Morgan fingerprint density at radius 3 is 2.69 bits per heavy atom. The second-order valence-electron chi connectivity index (χ2n) is 4.05. The van der Waals surface area contributed by atoms with Crippen LogP contribution in [0, 0.1) is 5.41 Å². The van der Waals surface area contributed by atoms with Crippen LogP contribution in [0.3, 0.4) is 0 Å². The summed E-state index contributed by atoms with van der Waals surface area (Å²) in [7, 11) is 0. The van der Waals surface area contributed by atoms with Crippen LogP contribution < -0.4 is 16.6 Å². The molecular weight excluding hydrogens is 164 g/mol. The van der Waals surface area contributed by atoms with E-state index in [9.17, 15) is 0 Å². The Morgan fingerprint density at radius 1 is 1.54 bits per heavy atom. The molecule has 4 N–H and O–H groups in total. The van der Waals surface area contributed by atoms with Gasteiger partial charge in [0.25, 0.3) is 0 Å². The van der Waals surface area contributed by atoms with Crippen molar-refractivity contribution in [1.29, 1.82) is 0 Å². The quantitative estimate of drug-likeness (QED) is 0.259. The molecule has 1 aliphatic rings. The van der Waals surface area contributed by atoms with Gasteiger partial charge in [0, 0.05) is 13.1 Å². The van der Waals surface area contributed by atoms with Gasteiger partial charge in [0.15, 0.2) is 0 Å². The maximum absolute atomic E-state index is 5.32. The predicted molar refractivity (Wildman–Crippen MR) is 55.3 cm³/mol. The summed E-state index contributed by atoms with van der Waals surface area (Å²) in [5.74, 6) is 6.04. The SMILES string of the molecule is CCCNC(=NCC1(C)CC1)NN. The Labute approximate surface area is 80.0 Å². The Balaban J connectivity index is 2.27. The smallest absolute Gasteiger partial charge is 0.205 e. The molecular formula is C9H20N4. The van der Waals surface area contributed by atoms with Crippen molar-refractivity contribution in [2.24, 2.45) is 16.3 Å². The Hall–Kier alpha value is -0.770. The van der Waals surface area contributed by atoms with Crippen LogP contribution in [-0.2, 0) is 0 Å². The Bertz CT molecular complexity index is 184. The highest BCUT2D eigenvalue weighted by atomic mass is 15.3. The highest BCUT2D eigenvalue weighted by Gasteiger charge is 2.36. The second-order valence-corrected chi connectivity index (χ2v) is 4.05. The van der Waals surface area contributed by atoms with Crippen LogP contribution in [0.15, 0.2) is 4.99 Å². The van der Waals surface area contributed by atoms with Gasteiger partial charge in [-0.2, -0.15) is 0 Å². The second kappa shape index (κ2) is 4.46. The number of hydrogen-bond acceptors (Lipinski definition) is 2. The fraction of sp³-hybridized carbons (Fsp3) is 0.889. The average molecular weight is 184 g/mol. The molecule has 1 rings (SSSR count). The molecule has 0 heterocycles. The Morgan fingerprint density at radius 2 is 2.23 bits per heavy atom. The first-order valence-corrected chi connectivity index (χ1v) is 4.95. The van der Waals surface area contributed by atoms with Crippen molar-refractivity contribution < 1.29 is 0 Å². The molecule has 13 heavy (non-hydrogen) atoms. The molecule has 1 fully saturated rings. The molecule has 0 radical (unpaired) electrons. The van der Waals surface area contributed by atoms with Crippen molar-refractivity contribution in [3.05, 3.63) is 0 Å². The number of hydrogen-bond donors (Lipinski definition) is 3. The molecule has 0 unspecified atom stereocenters. The number of aliphatic imine (C=N–C) groups is 1. The topological polar surface area (TPSA) is 62.4 Å². The first kappa shape index (κ1) is 10.3. The third-order valence-corrected chi connectivity index (χ3v) is 2.40. The van der Waals surface area contributed by atoms with E-state index in [4.69, 9.17) is 5.84 Å². The van der Waals surface area contributed by atoms with Crippen LogP contribution in [0.4, 0.5) is 0 Å². The van der Waals surface area contributed by atoms with Crippen molar-refractivity contribution in [2.45, 2.75) is 33.1 Å². The van der Waals surface area contributed by atoms with Crippen LogP contribution >= 0.6 is 0 Å². The molecule has 0 aliphatic heterocycles. The molecule has 0 aromatic carbocycles. The fourth-order valence-corrected chi connectivity index (χ4v) is 1.04. The summed E-state index contributed by atoms with van der Waals surface area (Å²) in [6.45, 7) is 6.16. The minimum Gasteiger partial charge on any atom is -0.355 e. The molecule has 0 amide bonds. The van der Waals surface area contributed by atoms with Crippen LogP contribution in [0.1, 0.15) is 33.1 Å². The van der Waals surface area contributed by atoms with Crippen LogP contribution in [-0.4, -0.2) is 19.0 Å². The fourth-order valence-electron chi connectivity index (χ4n) is 1.04. The van der Waals surface area contributed by atoms with Crippen molar-refractivity contribution in [2.75, 3.05) is 13.1 Å². The highest BCUT2D eigenvalue weighted by Crippen LogP contribution is 2.44. The summed E-state index contributed by atoms with van der Waals surface area (Å²) in [6.07, 6.45) is 3.67. The van der Waals surface area contributed by atoms with E-state index in [2.05, 4.69) is 29.6 Å². The van der Waals surface area contributed by atoms with Gasteiger partial charge in [-0.1, -0.05) is 13.8 Å². The van der Waals surface area contributed by atoms with Crippen molar-refractivity contribution in [1.82, 2.24) is 10.7 Å². The number of guanidine groups is 1. The van der Waals surface area contributed by atoms with E-state index < -0.39 is 0 Å². The first-order valence-electron chi connectivity index (χ1n) is 4.95. The predicted octanol–water partition coefficient (Wildman–Crippen LogP) is 0.605. The minimum atomic E-state index is 0.454. The lowest BCUT2D eigenvalue weighted by Gasteiger charge is -2.09. The molecule has 1 saturated carbocycles. The van der Waals surface area contributed by atoms with Crippen molar-refractivity contribution >= 4 is 5.96 Å². The van der Waals surface area contributed by atoms with Crippen molar-refractivity contribution in [3.63, 3.8) is 0 Å². The van der Waals surface area contributed by atoms with E-state index >= 15 is 0 Å². The van der Waals surface area contributed by atoms with E-state index in [1.807, 2.05) is 0 Å². The zero-order valence-corrected chi connectivity index (χ0v) is 8.56. The maximum Gasteiger partial charge on any atom is 0.205 e. The molecule has 0 aromatic rings. The van der Waals surface area contributed by atoms with Gasteiger partial charge >= 0.3 is 0 Å². The molecule has 76 valence electrons.